The SMILES string of the molecule is C=C[C@@H]1C[C@]1(NC(=O)[C@@H]1CCCN1C(=O)[C@@H](NC(=O)OCC(C)(C)CCCc1cc2c(OC)cc(OCc3csc(C)n3)nc2cc1OC)C1CCCC1)C(=O)NS(=O)(=O)C1CC1. The second-order valence-corrected chi connectivity index (χ2v) is 21.1. The third-order valence-corrected chi connectivity index (χ3v) is 15.4. The maximum atomic E-state index is 14.3. The normalized spacial score (nSPS) is 21.7. The third kappa shape index (κ3) is 10.7. The van der Waals surface area contributed by atoms with Gasteiger partial charge in [0, 0.05) is 35.4 Å². The molecule has 0 spiro atoms. The van der Waals surface area contributed by atoms with Gasteiger partial charge in [0.2, 0.25) is 27.7 Å². The predicted octanol–water partition coefficient (Wildman–Crippen LogP) is 5.89. The summed E-state index contributed by atoms with van der Waals surface area (Å²) >= 11 is 1.56. The Hall–Kier alpha value is -4.97. The lowest BCUT2D eigenvalue weighted by Crippen LogP contribution is -2.59. The van der Waals surface area contributed by atoms with E-state index in [0.717, 1.165) is 53.8 Å². The summed E-state index contributed by atoms with van der Waals surface area (Å²) in [6, 6.07) is 3.91. The Kier molecular flexibility index (Phi) is 13.9. The maximum absolute atomic E-state index is 14.3. The van der Waals surface area contributed by atoms with Crippen molar-refractivity contribution in [2.24, 2.45) is 17.3 Å². The first-order valence-corrected chi connectivity index (χ1v) is 24.3. The molecule has 16 nitrogen and oxygen atoms in total. The number of ether oxygens (including phenoxy) is 4. The molecule has 342 valence electrons. The monoisotopic (exact) mass is 908 g/mol. The smallest absolute Gasteiger partial charge is 0.407 e. The van der Waals surface area contributed by atoms with Crippen LogP contribution in [0.3, 0.4) is 0 Å². The van der Waals surface area contributed by atoms with Crippen molar-refractivity contribution in [3.8, 4) is 17.4 Å². The molecule has 3 saturated carbocycles. The Morgan fingerprint density at radius 2 is 1.78 bits per heavy atom. The molecule has 4 fully saturated rings. The molecule has 0 unspecified atom stereocenters. The van der Waals surface area contributed by atoms with E-state index in [1.807, 2.05) is 38.3 Å². The lowest BCUT2D eigenvalue weighted by atomic mass is 9.87. The van der Waals surface area contributed by atoms with Crippen molar-refractivity contribution in [2.45, 2.75) is 127 Å². The summed E-state index contributed by atoms with van der Waals surface area (Å²) < 4.78 is 50.6. The van der Waals surface area contributed by atoms with Gasteiger partial charge in [-0.2, -0.15) is 0 Å². The lowest BCUT2D eigenvalue weighted by molar-refractivity contribution is -0.142. The first kappa shape index (κ1) is 46.0. The van der Waals surface area contributed by atoms with Crippen molar-refractivity contribution in [3.63, 3.8) is 0 Å². The number of sulfonamides is 1. The van der Waals surface area contributed by atoms with E-state index < -0.39 is 62.1 Å². The Morgan fingerprint density at radius 1 is 1.03 bits per heavy atom. The van der Waals surface area contributed by atoms with Gasteiger partial charge in [-0.15, -0.1) is 17.9 Å². The zero-order chi connectivity index (χ0) is 45.1. The van der Waals surface area contributed by atoms with E-state index in [0.29, 0.717) is 74.6 Å². The van der Waals surface area contributed by atoms with Crippen LogP contribution in [-0.4, -0.2) is 97.3 Å². The van der Waals surface area contributed by atoms with Crippen LogP contribution in [0.25, 0.3) is 10.9 Å². The molecule has 7 rings (SSSR count). The Morgan fingerprint density at radius 3 is 2.43 bits per heavy atom. The zero-order valence-corrected chi connectivity index (χ0v) is 38.5. The number of hydrogen-bond acceptors (Lipinski definition) is 13. The molecule has 18 heteroatoms. The minimum atomic E-state index is -3.84. The van der Waals surface area contributed by atoms with Crippen molar-refractivity contribution in [1.29, 1.82) is 0 Å². The molecule has 3 N–H and O–H groups in total. The number of aryl methyl sites for hydroxylation is 2. The number of benzene rings is 1. The van der Waals surface area contributed by atoms with E-state index >= 15 is 0 Å². The fourth-order valence-corrected chi connectivity index (χ4v) is 10.9. The van der Waals surface area contributed by atoms with Crippen LogP contribution in [0, 0.1) is 24.2 Å². The van der Waals surface area contributed by atoms with E-state index in [1.165, 1.54) is 11.0 Å². The number of aromatic nitrogens is 2. The number of hydrogen-bond donors (Lipinski definition) is 3. The van der Waals surface area contributed by atoms with E-state index in [2.05, 4.69) is 26.9 Å². The number of fused-ring (bicyclic) bond motifs is 1. The van der Waals surface area contributed by atoms with Crippen molar-refractivity contribution in [3.05, 3.63) is 52.5 Å². The van der Waals surface area contributed by atoms with Crippen molar-refractivity contribution < 1.29 is 46.5 Å². The van der Waals surface area contributed by atoms with Crippen LogP contribution < -0.4 is 29.6 Å². The van der Waals surface area contributed by atoms with Gasteiger partial charge in [0.1, 0.15) is 35.7 Å². The molecule has 4 amide bonds. The van der Waals surface area contributed by atoms with Gasteiger partial charge in [-0.1, -0.05) is 32.8 Å². The standard InChI is InChI=1S/C45H60N6O10S2/c1-7-30-23-45(30,42(54)50-63(56,57)32-16-17-32)49-40(52)35-15-11-19-51(35)41(53)39(28-12-8-9-13-28)48-43(55)61-26-44(3,4)18-10-14-29-20-33-34(21-36(29)58-5)47-38(22-37(33)59-6)60-24-31-25-62-27(2)46-31/h7,20-22,25,28,30,32,35,39H,1,8-19,23-24,26H2,2-6H3,(H,48,55)(H,49,52)(H,50,54)/t30-,35+,39+,45-/m1/s1. The number of carbonyl (C=O) groups is 4. The van der Waals surface area contributed by atoms with Crippen LogP contribution in [0.5, 0.6) is 17.4 Å². The number of nitrogens with zero attached hydrogens (tertiary/aromatic N) is 3. The van der Waals surface area contributed by atoms with E-state index in [-0.39, 0.29) is 24.9 Å². The lowest BCUT2D eigenvalue weighted by Gasteiger charge is -2.32. The third-order valence-electron chi connectivity index (χ3n) is 12.8. The Balaban J connectivity index is 0.940. The summed E-state index contributed by atoms with van der Waals surface area (Å²) in [4.78, 5) is 65.6. The van der Waals surface area contributed by atoms with Gasteiger partial charge in [0.15, 0.2) is 0 Å². The van der Waals surface area contributed by atoms with Gasteiger partial charge in [0.25, 0.3) is 5.91 Å². The summed E-state index contributed by atoms with van der Waals surface area (Å²) in [6.07, 6.45) is 8.42. The second kappa shape index (κ2) is 19.0. The molecule has 3 aromatic rings. The molecule has 1 aliphatic heterocycles. The summed E-state index contributed by atoms with van der Waals surface area (Å²) in [7, 11) is -0.603. The van der Waals surface area contributed by atoms with Crippen LogP contribution in [0.1, 0.15) is 101 Å². The van der Waals surface area contributed by atoms with E-state index in [4.69, 9.17) is 23.9 Å². The highest BCUT2D eigenvalue weighted by Crippen LogP contribution is 2.45. The van der Waals surface area contributed by atoms with E-state index in [9.17, 15) is 27.6 Å². The molecule has 0 radical (unpaired) electrons. The van der Waals surface area contributed by atoms with Gasteiger partial charge in [-0.3, -0.25) is 19.1 Å². The number of methoxy groups -OCH3 is 2. The van der Waals surface area contributed by atoms with E-state index in [1.54, 1.807) is 31.6 Å². The minimum absolute atomic E-state index is 0.111. The summed E-state index contributed by atoms with van der Waals surface area (Å²) in [5.41, 5.74) is 0.636. The quantitative estimate of drug-likeness (QED) is 0.114. The molecule has 3 heterocycles. The van der Waals surface area contributed by atoms with Gasteiger partial charge < -0.3 is 34.5 Å². The average Bonchev–Trinajstić information content (AvgIpc) is 4.02. The van der Waals surface area contributed by atoms with Gasteiger partial charge in [-0.25, -0.2) is 23.2 Å². The number of rotatable bonds is 20. The molecule has 3 aliphatic carbocycles. The molecular formula is C45H60N6O10S2. The number of likely N-dealkylation sites (tertiary alicyclic amines) is 1. The fraction of sp³-hybridized carbons (Fsp3) is 0.600. The topological polar surface area (TPSA) is 204 Å². The summed E-state index contributed by atoms with van der Waals surface area (Å²) in [5.74, 6) is -0.525. The highest BCUT2D eigenvalue weighted by atomic mass is 32.2. The summed E-state index contributed by atoms with van der Waals surface area (Å²) in [6.45, 7) is 10.5. The van der Waals surface area contributed by atoms with Crippen molar-refractivity contribution in [2.75, 3.05) is 27.4 Å². The molecule has 4 atom stereocenters. The number of carbonyl (C=O) groups excluding carboxylic acids is 4. The number of nitrogens with one attached hydrogen (secondary N) is 3. The van der Waals surface area contributed by atoms with Crippen LogP contribution in [-0.2, 0) is 42.2 Å². The largest absolute Gasteiger partial charge is 0.496 e. The number of alkyl carbamates (subject to hydrolysis) is 1. The fourth-order valence-electron chi connectivity index (χ4n) is 8.93. The van der Waals surface area contributed by atoms with Gasteiger partial charge in [-0.05, 0) is 94.1 Å². The van der Waals surface area contributed by atoms with Crippen LogP contribution in [0.15, 0.2) is 36.2 Å². The number of amides is 4. The molecule has 1 aromatic carbocycles. The summed E-state index contributed by atoms with van der Waals surface area (Å²) in [5, 5.41) is 8.83. The van der Waals surface area contributed by atoms with Crippen LogP contribution in [0.2, 0.25) is 0 Å². The number of thiazole rings is 1. The number of pyridine rings is 1. The molecule has 2 aromatic heterocycles. The molecule has 4 aliphatic rings. The highest BCUT2D eigenvalue weighted by Gasteiger charge is 2.61. The van der Waals surface area contributed by atoms with Crippen LogP contribution >= 0.6 is 11.3 Å². The van der Waals surface area contributed by atoms with Gasteiger partial charge in [0.05, 0.1) is 42.3 Å². The molecular weight excluding hydrogens is 849 g/mol. The molecule has 1 saturated heterocycles. The van der Waals surface area contributed by atoms with Crippen LogP contribution in [0.4, 0.5) is 4.79 Å². The highest BCUT2D eigenvalue weighted by molar-refractivity contribution is 7.91. The molecule has 63 heavy (non-hydrogen) atoms. The maximum Gasteiger partial charge on any atom is 0.407 e. The first-order valence-electron chi connectivity index (χ1n) is 21.9. The second-order valence-electron chi connectivity index (χ2n) is 18.1. The first-order chi connectivity index (χ1) is 30.1. The zero-order valence-electron chi connectivity index (χ0n) is 36.8. The van der Waals surface area contributed by atoms with Crippen molar-refractivity contribution >= 4 is 56.1 Å². The Bertz CT molecular complexity index is 2320. The van der Waals surface area contributed by atoms with Crippen molar-refractivity contribution in [1.82, 2.24) is 30.2 Å². The predicted molar refractivity (Wildman–Crippen MR) is 237 cm³/mol. The Labute approximate surface area is 373 Å². The minimum Gasteiger partial charge on any atom is -0.496 e. The molecule has 0 bridgehead atoms. The van der Waals surface area contributed by atoms with Gasteiger partial charge >= 0.3 is 6.09 Å². The average molecular weight is 909 g/mol.